The lowest BCUT2D eigenvalue weighted by Crippen LogP contribution is -2.16. The molecular weight excluding hydrogens is 343 g/mol. The number of halogens is 3. The number of hydrogen-bond acceptors (Lipinski definition) is 2. The Balaban J connectivity index is 2.01. The van der Waals surface area contributed by atoms with Crippen LogP contribution < -0.4 is 10.1 Å². The summed E-state index contributed by atoms with van der Waals surface area (Å²) in [6.07, 6.45) is 0. The molecule has 132 valence electrons. The summed E-state index contributed by atoms with van der Waals surface area (Å²) in [7, 11) is 1.37. The average molecular weight is 357 g/mol. The van der Waals surface area contributed by atoms with E-state index in [1.165, 1.54) is 19.2 Å². The highest BCUT2D eigenvalue weighted by molar-refractivity contribution is 6.06. The van der Waals surface area contributed by atoms with E-state index in [0.717, 1.165) is 12.1 Å². The van der Waals surface area contributed by atoms with Gasteiger partial charge in [-0.25, -0.2) is 13.2 Å². The van der Waals surface area contributed by atoms with Crippen LogP contribution in [0.15, 0.2) is 60.7 Å². The first kappa shape index (κ1) is 17.5. The first-order valence-electron chi connectivity index (χ1n) is 7.69. The standard InChI is InChI=1S/C20H14F3NO2/c1-26-14-7-8-15(17(22)11-14)20(25)24-19-16(9-13(21)10-18(19)23)12-5-3-2-4-6-12/h2-11H,1H3,(H,24,25). The van der Waals surface area contributed by atoms with E-state index in [4.69, 9.17) is 4.74 Å². The first-order chi connectivity index (χ1) is 12.5. The van der Waals surface area contributed by atoms with E-state index < -0.39 is 23.4 Å². The molecule has 1 amide bonds. The molecule has 0 unspecified atom stereocenters. The third kappa shape index (κ3) is 3.54. The fourth-order valence-corrected chi connectivity index (χ4v) is 2.53. The van der Waals surface area contributed by atoms with Crippen LogP contribution in [0, 0.1) is 17.5 Å². The molecule has 0 radical (unpaired) electrons. The van der Waals surface area contributed by atoms with Gasteiger partial charge in [-0.15, -0.1) is 0 Å². The Morgan fingerprint density at radius 2 is 1.65 bits per heavy atom. The van der Waals surface area contributed by atoms with Gasteiger partial charge in [-0.3, -0.25) is 4.79 Å². The zero-order valence-electron chi connectivity index (χ0n) is 13.7. The molecule has 3 aromatic carbocycles. The summed E-state index contributed by atoms with van der Waals surface area (Å²) in [5, 5.41) is 2.34. The SMILES string of the molecule is COc1ccc(C(=O)Nc2c(F)cc(F)cc2-c2ccccc2)c(F)c1. The fourth-order valence-electron chi connectivity index (χ4n) is 2.53. The topological polar surface area (TPSA) is 38.3 Å². The van der Waals surface area contributed by atoms with Crippen LogP contribution in [0.4, 0.5) is 18.9 Å². The minimum atomic E-state index is -0.953. The molecule has 0 spiro atoms. The Labute approximate surface area is 148 Å². The third-order valence-corrected chi connectivity index (χ3v) is 3.80. The smallest absolute Gasteiger partial charge is 0.258 e. The van der Waals surface area contributed by atoms with Gasteiger partial charge in [-0.2, -0.15) is 0 Å². The van der Waals surface area contributed by atoms with Crippen molar-refractivity contribution >= 4 is 11.6 Å². The van der Waals surface area contributed by atoms with E-state index in [1.54, 1.807) is 30.3 Å². The Hall–Kier alpha value is -3.28. The number of anilines is 1. The molecule has 3 nitrogen and oxygen atoms in total. The van der Waals surface area contributed by atoms with Crippen LogP contribution in [0.3, 0.4) is 0 Å². The van der Waals surface area contributed by atoms with Crippen molar-refractivity contribution in [1.82, 2.24) is 0 Å². The molecular formula is C20H14F3NO2. The Morgan fingerprint density at radius 3 is 2.31 bits per heavy atom. The molecule has 0 atom stereocenters. The summed E-state index contributed by atoms with van der Waals surface area (Å²) in [4.78, 5) is 12.4. The predicted molar refractivity (Wildman–Crippen MR) is 92.7 cm³/mol. The van der Waals surface area contributed by atoms with Crippen molar-refractivity contribution < 1.29 is 22.7 Å². The predicted octanol–water partition coefficient (Wildman–Crippen LogP) is 5.03. The number of rotatable bonds is 4. The van der Waals surface area contributed by atoms with Gasteiger partial charge in [0.15, 0.2) is 0 Å². The lowest BCUT2D eigenvalue weighted by Gasteiger charge is -2.13. The van der Waals surface area contributed by atoms with E-state index in [2.05, 4.69) is 5.32 Å². The summed E-state index contributed by atoms with van der Waals surface area (Å²) >= 11 is 0. The van der Waals surface area contributed by atoms with Crippen LogP contribution in [0.25, 0.3) is 11.1 Å². The van der Waals surface area contributed by atoms with Crippen LogP contribution in [-0.2, 0) is 0 Å². The highest BCUT2D eigenvalue weighted by Gasteiger charge is 2.19. The van der Waals surface area contributed by atoms with Crippen LogP contribution in [0.2, 0.25) is 0 Å². The summed E-state index contributed by atoms with van der Waals surface area (Å²) in [5.41, 5.74) is 0.160. The van der Waals surface area contributed by atoms with E-state index >= 15 is 0 Å². The van der Waals surface area contributed by atoms with Gasteiger partial charge in [-0.05, 0) is 23.8 Å². The molecule has 0 heterocycles. The fraction of sp³-hybridized carbons (Fsp3) is 0.0500. The van der Waals surface area contributed by atoms with Gasteiger partial charge in [-0.1, -0.05) is 30.3 Å². The number of amides is 1. The Morgan fingerprint density at radius 1 is 0.923 bits per heavy atom. The van der Waals surface area contributed by atoms with Gasteiger partial charge in [0, 0.05) is 17.7 Å². The maximum absolute atomic E-state index is 14.3. The number of hydrogen-bond donors (Lipinski definition) is 1. The zero-order valence-corrected chi connectivity index (χ0v) is 13.7. The number of benzene rings is 3. The van der Waals surface area contributed by atoms with Crippen LogP contribution >= 0.6 is 0 Å². The Kier molecular flexibility index (Phi) is 4.93. The second kappa shape index (κ2) is 7.31. The van der Waals surface area contributed by atoms with Gasteiger partial charge in [0.05, 0.1) is 18.4 Å². The molecule has 3 aromatic rings. The normalized spacial score (nSPS) is 10.5. The quantitative estimate of drug-likeness (QED) is 0.711. The number of carbonyl (C=O) groups is 1. The molecule has 0 aliphatic rings. The average Bonchev–Trinajstić information content (AvgIpc) is 2.64. The molecule has 1 N–H and O–H groups in total. The highest BCUT2D eigenvalue weighted by Crippen LogP contribution is 2.32. The summed E-state index contributed by atoms with van der Waals surface area (Å²) < 4.78 is 47.0. The molecule has 0 bridgehead atoms. The van der Waals surface area contributed by atoms with Crippen molar-refractivity contribution in [1.29, 1.82) is 0 Å². The van der Waals surface area contributed by atoms with E-state index in [-0.39, 0.29) is 22.6 Å². The number of nitrogens with one attached hydrogen (secondary N) is 1. The van der Waals surface area contributed by atoms with Crippen molar-refractivity contribution in [3.8, 4) is 16.9 Å². The van der Waals surface area contributed by atoms with Crippen LogP contribution in [0.5, 0.6) is 5.75 Å². The van der Waals surface area contributed by atoms with Crippen molar-refractivity contribution in [2.75, 3.05) is 12.4 Å². The number of carbonyl (C=O) groups excluding carboxylic acids is 1. The molecule has 0 saturated carbocycles. The van der Waals surface area contributed by atoms with Crippen LogP contribution in [-0.4, -0.2) is 13.0 Å². The van der Waals surface area contributed by atoms with Crippen molar-refractivity contribution in [2.24, 2.45) is 0 Å². The molecule has 0 aliphatic heterocycles. The van der Waals surface area contributed by atoms with Crippen LogP contribution in [0.1, 0.15) is 10.4 Å². The molecule has 0 saturated heterocycles. The minimum absolute atomic E-state index is 0.158. The van der Waals surface area contributed by atoms with Crippen molar-refractivity contribution in [2.45, 2.75) is 0 Å². The number of methoxy groups -OCH3 is 1. The zero-order chi connectivity index (χ0) is 18.7. The van der Waals surface area contributed by atoms with Gasteiger partial charge < -0.3 is 10.1 Å². The minimum Gasteiger partial charge on any atom is -0.497 e. The van der Waals surface area contributed by atoms with Crippen molar-refractivity contribution in [3.63, 3.8) is 0 Å². The molecule has 3 rings (SSSR count). The van der Waals surface area contributed by atoms with E-state index in [9.17, 15) is 18.0 Å². The summed E-state index contributed by atoms with van der Waals surface area (Å²) in [6.45, 7) is 0. The summed E-state index contributed by atoms with van der Waals surface area (Å²) in [5.74, 6) is -3.16. The third-order valence-electron chi connectivity index (χ3n) is 3.80. The van der Waals surface area contributed by atoms with E-state index in [0.29, 0.717) is 11.6 Å². The summed E-state index contributed by atoms with van der Waals surface area (Å²) in [6, 6.07) is 13.9. The largest absolute Gasteiger partial charge is 0.497 e. The molecule has 0 aliphatic carbocycles. The molecule has 0 aromatic heterocycles. The number of ether oxygens (including phenoxy) is 1. The second-order valence-electron chi connectivity index (χ2n) is 5.48. The highest BCUT2D eigenvalue weighted by atomic mass is 19.1. The van der Waals surface area contributed by atoms with Gasteiger partial charge >= 0.3 is 0 Å². The molecule has 6 heteroatoms. The maximum Gasteiger partial charge on any atom is 0.258 e. The lowest BCUT2D eigenvalue weighted by atomic mass is 10.0. The van der Waals surface area contributed by atoms with Gasteiger partial charge in [0.2, 0.25) is 0 Å². The van der Waals surface area contributed by atoms with Gasteiger partial charge in [0.25, 0.3) is 5.91 Å². The first-order valence-corrected chi connectivity index (χ1v) is 7.69. The van der Waals surface area contributed by atoms with Crippen molar-refractivity contribution in [3.05, 3.63) is 83.7 Å². The monoisotopic (exact) mass is 357 g/mol. The Bertz CT molecular complexity index is 959. The molecule has 26 heavy (non-hydrogen) atoms. The second-order valence-corrected chi connectivity index (χ2v) is 5.48. The lowest BCUT2D eigenvalue weighted by molar-refractivity contribution is 0.102. The van der Waals surface area contributed by atoms with Gasteiger partial charge in [0.1, 0.15) is 23.2 Å². The maximum atomic E-state index is 14.3. The molecule has 0 fully saturated rings. The van der Waals surface area contributed by atoms with E-state index in [1.807, 2.05) is 0 Å².